The zero-order valence-corrected chi connectivity index (χ0v) is 29.9. The fourth-order valence-electron chi connectivity index (χ4n) is 5.48. The summed E-state index contributed by atoms with van der Waals surface area (Å²) in [5.74, 6) is -6.96. The number of halogens is 3. The Morgan fingerprint density at radius 2 is 1.24 bits per heavy atom. The normalized spacial score (nSPS) is 21.0. The number of phenolic OH excluding ortho intramolecular Hbond substituents is 1. The summed E-state index contributed by atoms with van der Waals surface area (Å²) < 4.78 is 37.9. The first-order chi connectivity index (χ1) is 25.5. The summed E-state index contributed by atoms with van der Waals surface area (Å²) in [6, 6.07) is 9.35. The smallest absolute Gasteiger partial charge is 0.471 e. The van der Waals surface area contributed by atoms with Gasteiger partial charge in [-0.25, -0.2) is 0 Å². The molecular weight excluding hydrogens is 715 g/mol. The van der Waals surface area contributed by atoms with E-state index in [9.17, 15) is 51.8 Å². The van der Waals surface area contributed by atoms with Gasteiger partial charge in [-0.05, 0) is 54.9 Å². The molecule has 4 atom stereocenters. The molecule has 1 aliphatic heterocycles. The molecule has 0 unspecified atom stereocenters. The minimum absolute atomic E-state index is 0.0129. The third-order valence-electron chi connectivity index (χ3n) is 8.25. The van der Waals surface area contributed by atoms with Crippen molar-refractivity contribution in [2.75, 3.05) is 19.6 Å². The zero-order valence-electron chi connectivity index (χ0n) is 29.9. The number of hydrogen-bond donors (Lipinski definition) is 8. The largest absolute Gasteiger partial charge is 0.508 e. The molecule has 0 aromatic heterocycles. The highest BCUT2D eigenvalue weighted by Crippen LogP contribution is 2.15. The van der Waals surface area contributed by atoms with E-state index in [1.165, 1.54) is 24.3 Å². The molecular formula is C36H46F3N7O8. The van der Waals surface area contributed by atoms with Gasteiger partial charge >= 0.3 is 12.1 Å². The monoisotopic (exact) mass is 761 g/mol. The van der Waals surface area contributed by atoms with Crippen LogP contribution in [0.4, 0.5) is 13.2 Å². The molecule has 1 heterocycles. The maximum Gasteiger partial charge on any atom is 0.471 e. The lowest BCUT2D eigenvalue weighted by Gasteiger charge is -2.27. The average molecular weight is 762 g/mol. The van der Waals surface area contributed by atoms with Gasteiger partial charge in [0.05, 0.1) is 13.1 Å². The highest BCUT2D eigenvalue weighted by Gasteiger charge is 2.38. The van der Waals surface area contributed by atoms with Crippen LogP contribution in [0.5, 0.6) is 5.75 Å². The highest BCUT2D eigenvalue weighted by atomic mass is 19.4. The molecule has 7 amide bonds. The SMILES string of the molecule is CC(C)C[C@@H]1NC(=O)[C@H](Cc2ccccc2)NC(=O)CNC(=O)CNC(=O)[C@H](Cc2ccc(O)cc2)NC(=O)[C@H](CCCCNC(=O)C(F)(F)F)NC1=O. The number of carbonyl (C=O) groups is 7. The van der Waals surface area contributed by atoms with Crippen LogP contribution < -0.4 is 37.2 Å². The fourth-order valence-corrected chi connectivity index (χ4v) is 5.48. The van der Waals surface area contributed by atoms with Crippen molar-refractivity contribution < 1.29 is 51.8 Å². The number of nitrogens with one attached hydrogen (secondary N) is 7. The van der Waals surface area contributed by atoms with Crippen LogP contribution in [0.1, 0.15) is 50.7 Å². The summed E-state index contributed by atoms with van der Waals surface area (Å²) in [6.45, 7) is 2.07. The van der Waals surface area contributed by atoms with Gasteiger partial charge in [-0.2, -0.15) is 13.2 Å². The fraction of sp³-hybridized carbons (Fsp3) is 0.472. The minimum atomic E-state index is -5.08. The van der Waals surface area contributed by atoms with Crippen LogP contribution in [-0.4, -0.2) is 96.4 Å². The quantitative estimate of drug-likeness (QED) is 0.148. The van der Waals surface area contributed by atoms with Crippen LogP contribution in [0, 0.1) is 5.92 Å². The van der Waals surface area contributed by atoms with E-state index in [0.29, 0.717) is 11.1 Å². The molecule has 0 bridgehead atoms. The predicted molar refractivity (Wildman–Crippen MR) is 188 cm³/mol. The molecule has 294 valence electrons. The zero-order chi connectivity index (χ0) is 39.8. The lowest BCUT2D eigenvalue weighted by atomic mass is 9.99. The molecule has 0 saturated carbocycles. The molecule has 8 N–H and O–H groups in total. The number of amides is 7. The van der Waals surface area contributed by atoms with E-state index in [2.05, 4.69) is 31.9 Å². The van der Waals surface area contributed by atoms with E-state index in [4.69, 9.17) is 0 Å². The Kier molecular flexibility index (Phi) is 16.2. The molecule has 0 aliphatic carbocycles. The van der Waals surface area contributed by atoms with Crippen molar-refractivity contribution in [3.05, 3.63) is 65.7 Å². The van der Waals surface area contributed by atoms with Crippen molar-refractivity contribution in [1.29, 1.82) is 0 Å². The number of unbranched alkanes of at least 4 members (excludes halogenated alkanes) is 1. The van der Waals surface area contributed by atoms with E-state index >= 15 is 0 Å². The third kappa shape index (κ3) is 14.7. The number of rotatable bonds is 11. The second-order valence-electron chi connectivity index (χ2n) is 13.2. The van der Waals surface area contributed by atoms with Crippen molar-refractivity contribution in [3.8, 4) is 5.75 Å². The highest BCUT2D eigenvalue weighted by molar-refractivity contribution is 5.97. The summed E-state index contributed by atoms with van der Waals surface area (Å²) in [7, 11) is 0. The van der Waals surface area contributed by atoms with Gasteiger partial charge in [-0.15, -0.1) is 0 Å². The number of benzene rings is 2. The summed E-state index contributed by atoms with van der Waals surface area (Å²) in [5.41, 5.74) is 1.18. The maximum absolute atomic E-state index is 13.8. The van der Waals surface area contributed by atoms with Gasteiger partial charge in [-0.1, -0.05) is 56.3 Å². The van der Waals surface area contributed by atoms with E-state index in [0.717, 1.165) is 0 Å². The predicted octanol–water partition coefficient (Wildman–Crippen LogP) is 0.258. The van der Waals surface area contributed by atoms with E-state index < -0.39 is 84.8 Å². The van der Waals surface area contributed by atoms with Crippen LogP contribution in [0.25, 0.3) is 0 Å². The Morgan fingerprint density at radius 1 is 0.704 bits per heavy atom. The Hall–Kier alpha value is -5.68. The first-order valence-corrected chi connectivity index (χ1v) is 17.4. The maximum atomic E-state index is 13.8. The Labute approximate surface area is 310 Å². The van der Waals surface area contributed by atoms with Crippen molar-refractivity contribution in [2.24, 2.45) is 5.92 Å². The lowest BCUT2D eigenvalue weighted by Crippen LogP contribution is -2.59. The summed E-state index contributed by atoms with van der Waals surface area (Å²) >= 11 is 0. The second kappa shape index (κ2) is 20.5. The lowest BCUT2D eigenvalue weighted by molar-refractivity contribution is -0.173. The van der Waals surface area contributed by atoms with Gasteiger partial charge in [0.25, 0.3) is 0 Å². The molecule has 0 radical (unpaired) electrons. The standard InChI is InChI=1S/C36H46F3N7O8/c1-21(2)16-26-33(52)44-25(10-6-7-15-40-35(54)36(37,38)39)32(51)46-27(18-23-11-13-24(47)14-12-23)31(50)42-19-29(48)41-20-30(49)43-28(34(53)45-26)17-22-8-4-3-5-9-22/h3-5,8-9,11-14,21,25-28,47H,6-7,10,15-20H2,1-2H3,(H,40,54)(H,41,48)(H,42,50)(H,43,49)(H,44,52)(H,45,53)(H,46,51)/t25-,26-,27-,28-/m0/s1. The molecule has 15 nitrogen and oxygen atoms in total. The molecule has 18 heteroatoms. The Bertz CT molecular complexity index is 1620. The molecule has 3 rings (SSSR count). The minimum Gasteiger partial charge on any atom is -0.508 e. The van der Waals surface area contributed by atoms with Gasteiger partial charge in [0.15, 0.2) is 0 Å². The van der Waals surface area contributed by atoms with Crippen molar-refractivity contribution in [3.63, 3.8) is 0 Å². The molecule has 1 saturated heterocycles. The molecule has 1 aliphatic rings. The molecule has 2 aromatic rings. The van der Waals surface area contributed by atoms with Gasteiger partial charge in [0.1, 0.15) is 29.9 Å². The van der Waals surface area contributed by atoms with E-state index in [1.54, 1.807) is 49.5 Å². The number of carbonyl (C=O) groups excluding carboxylic acids is 7. The van der Waals surface area contributed by atoms with Gasteiger partial charge in [0, 0.05) is 19.4 Å². The van der Waals surface area contributed by atoms with Crippen molar-refractivity contribution in [2.45, 2.75) is 82.7 Å². The Balaban J connectivity index is 1.94. The van der Waals surface area contributed by atoms with E-state index in [1.807, 2.05) is 0 Å². The van der Waals surface area contributed by atoms with Crippen LogP contribution in [0.3, 0.4) is 0 Å². The number of aromatic hydroxyl groups is 1. The van der Waals surface area contributed by atoms with Gasteiger partial charge in [0.2, 0.25) is 35.4 Å². The first-order valence-electron chi connectivity index (χ1n) is 17.4. The van der Waals surface area contributed by atoms with Crippen LogP contribution in [0.15, 0.2) is 54.6 Å². The summed E-state index contributed by atoms with van der Waals surface area (Å²) in [4.78, 5) is 91.5. The Morgan fingerprint density at radius 3 is 1.87 bits per heavy atom. The molecule has 54 heavy (non-hydrogen) atoms. The summed E-state index contributed by atoms with van der Waals surface area (Å²) in [5, 5.41) is 26.7. The van der Waals surface area contributed by atoms with Gasteiger partial charge in [-0.3, -0.25) is 33.6 Å². The molecule has 0 spiro atoms. The van der Waals surface area contributed by atoms with Gasteiger partial charge < -0.3 is 42.3 Å². The second-order valence-corrected chi connectivity index (χ2v) is 13.2. The summed E-state index contributed by atoms with van der Waals surface area (Å²) in [6.07, 6.45) is -5.20. The molecule has 2 aromatic carbocycles. The molecule has 1 fully saturated rings. The number of phenols is 1. The van der Waals surface area contributed by atoms with Crippen LogP contribution >= 0.6 is 0 Å². The number of alkyl halides is 3. The van der Waals surface area contributed by atoms with Crippen LogP contribution in [-0.2, 0) is 46.4 Å². The van der Waals surface area contributed by atoms with E-state index in [-0.39, 0.29) is 56.7 Å². The first kappa shape index (κ1) is 42.7. The number of hydrogen-bond acceptors (Lipinski definition) is 8. The van der Waals surface area contributed by atoms with Crippen molar-refractivity contribution in [1.82, 2.24) is 37.2 Å². The van der Waals surface area contributed by atoms with Crippen LogP contribution in [0.2, 0.25) is 0 Å². The van der Waals surface area contributed by atoms with Crippen molar-refractivity contribution >= 4 is 41.4 Å². The average Bonchev–Trinajstić information content (AvgIpc) is 3.11. The topological polar surface area (TPSA) is 224 Å². The third-order valence-corrected chi connectivity index (χ3v) is 8.25.